The molecular formula is C22H29N3O5S2. The highest BCUT2D eigenvalue weighted by molar-refractivity contribution is 7.98. The predicted octanol–water partition coefficient (Wildman–Crippen LogP) is 2.32. The van der Waals surface area contributed by atoms with Crippen molar-refractivity contribution < 1.29 is 22.7 Å². The summed E-state index contributed by atoms with van der Waals surface area (Å²) in [5, 5.41) is 0. The van der Waals surface area contributed by atoms with E-state index >= 15 is 0 Å². The quantitative estimate of drug-likeness (QED) is 0.451. The molecule has 8 nitrogen and oxygen atoms in total. The fourth-order valence-electron chi connectivity index (χ4n) is 2.74. The molecule has 0 radical (unpaired) electrons. The summed E-state index contributed by atoms with van der Waals surface area (Å²) in [6.07, 6.45) is 1.24. The lowest BCUT2D eigenvalue weighted by Gasteiger charge is -2.20. The van der Waals surface area contributed by atoms with Crippen LogP contribution in [0.2, 0.25) is 0 Å². The topological polar surface area (TPSA) is 114 Å². The summed E-state index contributed by atoms with van der Waals surface area (Å²) >= 11 is 1.48. The molecule has 32 heavy (non-hydrogen) atoms. The van der Waals surface area contributed by atoms with Crippen molar-refractivity contribution in [2.45, 2.75) is 44.2 Å². The highest BCUT2D eigenvalue weighted by Crippen LogP contribution is 2.21. The Balaban J connectivity index is 2.00. The second-order valence-electron chi connectivity index (χ2n) is 7.21. The van der Waals surface area contributed by atoms with Crippen LogP contribution in [0.15, 0.2) is 53.4 Å². The van der Waals surface area contributed by atoms with Gasteiger partial charge in [-0.25, -0.2) is 8.42 Å². The van der Waals surface area contributed by atoms with Gasteiger partial charge in [-0.3, -0.25) is 20.4 Å². The van der Waals surface area contributed by atoms with E-state index in [4.69, 9.17) is 4.74 Å². The Kier molecular flexibility index (Phi) is 9.55. The van der Waals surface area contributed by atoms with Crippen LogP contribution in [0.25, 0.3) is 0 Å². The van der Waals surface area contributed by atoms with Gasteiger partial charge in [0.1, 0.15) is 11.8 Å². The van der Waals surface area contributed by atoms with Gasteiger partial charge in [0.2, 0.25) is 10.0 Å². The molecule has 0 aliphatic heterocycles. The zero-order valence-electron chi connectivity index (χ0n) is 18.5. The normalized spacial score (nSPS) is 13.1. The summed E-state index contributed by atoms with van der Waals surface area (Å²) in [6, 6.07) is 12.3. The number of carbonyl (C=O) groups excluding carboxylic acids is 2. The van der Waals surface area contributed by atoms with Crippen molar-refractivity contribution >= 4 is 33.6 Å². The predicted molar refractivity (Wildman–Crippen MR) is 126 cm³/mol. The van der Waals surface area contributed by atoms with Gasteiger partial charge in [0, 0.05) is 0 Å². The third kappa shape index (κ3) is 7.25. The van der Waals surface area contributed by atoms with Gasteiger partial charge in [-0.05, 0) is 68.5 Å². The monoisotopic (exact) mass is 479 g/mol. The average molecular weight is 480 g/mol. The summed E-state index contributed by atoms with van der Waals surface area (Å²) in [6.45, 7) is 5.40. The maximum atomic E-state index is 12.6. The molecule has 0 aliphatic carbocycles. The first-order valence-corrected chi connectivity index (χ1v) is 12.9. The van der Waals surface area contributed by atoms with Crippen molar-refractivity contribution in [2.24, 2.45) is 0 Å². The molecule has 2 aromatic carbocycles. The largest absolute Gasteiger partial charge is 0.481 e. The first-order valence-electron chi connectivity index (χ1n) is 10.0. The van der Waals surface area contributed by atoms with Crippen LogP contribution in [0, 0.1) is 13.8 Å². The van der Waals surface area contributed by atoms with Crippen LogP contribution in [-0.4, -0.2) is 44.4 Å². The van der Waals surface area contributed by atoms with E-state index in [1.54, 1.807) is 31.2 Å². The van der Waals surface area contributed by atoms with Gasteiger partial charge in [0.05, 0.1) is 4.90 Å². The Morgan fingerprint density at radius 3 is 2.31 bits per heavy atom. The molecule has 0 saturated heterocycles. The van der Waals surface area contributed by atoms with Gasteiger partial charge in [-0.15, -0.1) is 0 Å². The Labute approximate surface area is 193 Å². The lowest BCUT2D eigenvalue weighted by atomic mass is 10.1. The third-order valence-electron chi connectivity index (χ3n) is 4.81. The lowest BCUT2D eigenvalue weighted by molar-refractivity contribution is -0.133. The minimum Gasteiger partial charge on any atom is -0.481 e. The summed E-state index contributed by atoms with van der Waals surface area (Å²) in [7, 11) is -3.90. The van der Waals surface area contributed by atoms with Crippen molar-refractivity contribution in [3.8, 4) is 5.75 Å². The molecule has 0 heterocycles. The molecule has 0 bridgehead atoms. The van der Waals surface area contributed by atoms with Crippen LogP contribution >= 0.6 is 11.8 Å². The number of hydrogen-bond acceptors (Lipinski definition) is 6. The Bertz CT molecular complexity index is 1030. The first kappa shape index (κ1) is 25.7. The molecule has 174 valence electrons. The molecular weight excluding hydrogens is 450 g/mol. The molecule has 0 fully saturated rings. The van der Waals surface area contributed by atoms with E-state index < -0.39 is 34.0 Å². The Morgan fingerprint density at radius 2 is 1.66 bits per heavy atom. The van der Waals surface area contributed by atoms with E-state index in [0.29, 0.717) is 11.5 Å². The van der Waals surface area contributed by atoms with Gasteiger partial charge < -0.3 is 4.74 Å². The van der Waals surface area contributed by atoms with Crippen molar-refractivity contribution in [1.82, 2.24) is 15.6 Å². The second-order valence-corrected chi connectivity index (χ2v) is 9.90. The average Bonchev–Trinajstić information content (AvgIpc) is 2.78. The van der Waals surface area contributed by atoms with Crippen molar-refractivity contribution in [3.05, 3.63) is 59.7 Å². The fourth-order valence-corrected chi connectivity index (χ4v) is 4.46. The number of aryl methyl sites for hydroxylation is 1. The summed E-state index contributed by atoms with van der Waals surface area (Å²) in [4.78, 5) is 25.1. The maximum Gasteiger partial charge on any atom is 0.279 e. The van der Waals surface area contributed by atoms with Crippen molar-refractivity contribution in [1.29, 1.82) is 0 Å². The van der Waals surface area contributed by atoms with E-state index in [-0.39, 0.29) is 11.3 Å². The molecule has 10 heteroatoms. The summed E-state index contributed by atoms with van der Waals surface area (Å²) in [5.41, 5.74) is 6.57. The van der Waals surface area contributed by atoms with Gasteiger partial charge >= 0.3 is 0 Å². The lowest BCUT2D eigenvalue weighted by Crippen LogP contribution is -2.54. The van der Waals surface area contributed by atoms with Crippen molar-refractivity contribution in [2.75, 3.05) is 12.0 Å². The van der Waals surface area contributed by atoms with E-state index in [9.17, 15) is 18.0 Å². The number of thioether (sulfide) groups is 1. The van der Waals surface area contributed by atoms with Crippen LogP contribution < -0.4 is 20.3 Å². The SMILES string of the molecule is CSCCC(NS(=O)(=O)c1ccccc1)C(=O)NNC(=O)C(C)Oc1cccc(C)c1C. The molecule has 0 spiro atoms. The smallest absolute Gasteiger partial charge is 0.279 e. The number of hydrogen-bond donors (Lipinski definition) is 3. The molecule has 0 saturated carbocycles. The number of amides is 2. The zero-order chi connectivity index (χ0) is 23.7. The van der Waals surface area contributed by atoms with Crippen LogP contribution in [0.3, 0.4) is 0 Å². The number of rotatable bonds is 10. The second kappa shape index (κ2) is 11.9. The molecule has 0 aliphatic rings. The zero-order valence-corrected chi connectivity index (χ0v) is 20.2. The van der Waals surface area contributed by atoms with Crippen LogP contribution in [0.1, 0.15) is 24.5 Å². The van der Waals surface area contributed by atoms with Crippen LogP contribution in [0.5, 0.6) is 5.75 Å². The van der Waals surface area contributed by atoms with Gasteiger partial charge in [0.25, 0.3) is 11.8 Å². The minimum absolute atomic E-state index is 0.0570. The Hall–Kier alpha value is -2.56. The molecule has 2 rings (SSSR count). The highest BCUT2D eigenvalue weighted by Gasteiger charge is 2.26. The standard InChI is InChI=1S/C22H29N3O5S2/c1-15-9-8-12-20(16(15)2)30-17(3)21(26)23-24-22(27)19(13-14-31-4)25-32(28,29)18-10-6-5-7-11-18/h5-12,17,19,25H,13-14H2,1-4H3,(H,23,26)(H,24,27). The molecule has 3 N–H and O–H groups in total. The third-order valence-corrected chi connectivity index (χ3v) is 6.95. The minimum atomic E-state index is -3.90. The van der Waals surface area contributed by atoms with E-state index in [1.807, 2.05) is 32.2 Å². The molecule has 2 unspecified atom stereocenters. The first-order chi connectivity index (χ1) is 15.2. The fraction of sp³-hybridized carbons (Fsp3) is 0.364. The van der Waals surface area contributed by atoms with Gasteiger partial charge in [-0.2, -0.15) is 16.5 Å². The number of nitrogens with one attached hydrogen (secondary N) is 3. The van der Waals surface area contributed by atoms with E-state index in [2.05, 4.69) is 15.6 Å². The molecule has 2 amide bonds. The number of hydrazine groups is 1. The number of benzene rings is 2. The van der Waals surface area contributed by atoms with Gasteiger partial charge in [-0.1, -0.05) is 30.3 Å². The maximum absolute atomic E-state index is 12.6. The summed E-state index contributed by atoms with van der Waals surface area (Å²) in [5.74, 6) is -0.0951. The number of ether oxygens (including phenoxy) is 1. The highest BCUT2D eigenvalue weighted by atomic mass is 32.2. The molecule has 0 aromatic heterocycles. The van der Waals surface area contributed by atoms with Gasteiger partial charge in [0.15, 0.2) is 6.10 Å². The van der Waals surface area contributed by atoms with Crippen molar-refractivity contribution in [3.63, 3.8) is 0 Å². The van der Waals surface area contributed by atoms with Crippen LogP contribution in [-0.2, 0) is 19.6 Å². The molecule has 2 atom stereocenters. The van der Waals surface area contributed by atoms with Crippen LogP contribution in [0.4, 0.5) is 0 Å². The van der Waals surface area contributed by atoms with E-state index in [1.165, 1.54) is 23.9 Å². The van der Waals surface area contributed by atoms with E-state index in [0.717, 1.165) is 11.1 Å². The Morgan fingerprint density at radius 1 is 1.00 bits per heavy atom. The number of carbonyl (C=O) groups is 2. The molecule has 2 aromatic rings. The summed E-state index contributed by atoms with van der Waals surface area (Å²) < 4.78 is 33.3. The number of sulfonamides is 1.